The van der Waals surface area contributed by atoms with Crippen molar-refractivity contribution >= 4 is 5.91 Å². The summed E-state index contributed by atoms with van der Waals surface area (Å²) in [4.78, 5) is 25.5. The fraction of sp³-hybridized carbons (Fsp3) is 0.667. The Bertz CT molecular complexity index is 494. The van der Waals surface area contributed by atoms with E-state index in [0.717, 1.165) is 36.6 Å². The minimum Gasteiger partial charge on any atom is -0.329 e. The van der Waals surface area contributed by atoms with Gasteiger partial charge >= 0.3 is 0 Å². The van der Waals surface area contributed by atoms with E-state index in [-0.39, 0.29) is 11.4 Å². The summed E-state index contributed by atoms with van der Waals surface area (Å²) in [6.07, 6.45) is 1.93. The van der Waals surface area contributed by atoms with Gasteiger partial charge in [-0.2, -0.15) is 0 Å². The van der Waals surface area contributed by atoms with Crippen molar-refractivity contribution < 1.29 is 4.79 Å². The summed E-state index contributed by atoms with van der Waals surface area (Å²) in [6, 6.07) is 1.97. The molecule has 20 heavy (non-hydrogen) atoms. The predicted octanol–water partition coefficient (Wildman–Crippen LogP) is 1.49. The maximum atomic E-state index is 12.4. The number of likely N-dealkylation sites (N-methyl/N-ethyl adjacent to an activating group) is 1. The molecule has 0 radical (unpaired) electrons. The normalized spacial score (nSPS) is 22.6. The zero-order chi connectivity index (χ0) is 14.9. The molecule has 1 amide bonds. The number of carbonyl (C=O) groups excluding carboxylic acids is 1. The van der Waals surface area contributed by atoms with Crippen LogP contribution in [-0.2, 0) is 10.3 Å². The number of aryl methyl sites for hydroxylation is 2. The molecule has 5 nitrogen and oxygen atoms in total. The number of hydrogen-bond donors (Lipinski definition) is 0. The molecule has 0 aromatic carbocycles. The highest BCUT2D eigenvalue weighted by Gasteiger charge is 2.43. The third-order valence-electron chi connectivity index (χ3n) is 3.86. The molecular formula is C15H24N4O. The summed E-state index contributed by atoms with van der Waals surface area (Å²) in [5.41, 5.74) is 1.55. The number of hydrogen-bond acceptors (Lipinski definition) is 4. The Morgan fingerprint density at radius 2 is 1.95 bits per heavy atom. The van der Waals surface area contributed by atoms with E-state index in [1.165, 1.54) is 0 Å². The Labute approximate surface area is 121 Å². The second-order valence-corrected chi connectivity index (χ2v) is 6.13. The molecule has 0 saturated carbocycles. The van der Waals surface area contributed by atoms with Gasteiger partial charge in [0, 0.05) is 17.9 Å². The van der Waals surface area contributed by atoms with Gasteiger partial charge in [-0.15, -0.1) is 0 Å². The highest BCUT2D eigenvalue weighted by molar-refractivity contribution is 5.79. The Morgan fingerprint density at radius 3 is 2.50 bits per heavy atom. The average molecular weight is 276 g/mol. The van der Waals surface area contributed by atoms with E-state index < -0.39 is 0 Å². The first-order valence-corrected chi connectivity index (χ1v) is 7.11. The standard InChI is InChI=1S/C15H24N4O/c1-11-9-12(2)17-14(16-11)15(3)7-6-8-19(15)13(20)10-18(4)5/h9H,6-8,10H2,1-5H3. The molecule has 5 heteroatoms. The van der Waals surface area contributed by atoms with Crippen LogP contribution in [0, 0.1) is 13.8 Å². The molecule has 2 rings (SSSR count). The van der Waals surface area contributed by atoms with Crippen molar-refractivity contribution in [2.45, 2.75) is 39.2 Å². The molecule has 1 aromatic rings. The van der Waals surface area contributed by atoms with Gasteiger partial charge in [0.15, 0.2) is 5.82 Å². The smallest absolute Gasteiger partial charge is 0.237 e. The minimum atomic E-state index is -0.371. The maximum absolute atomic E-state index is 12.4. The molecule has 0 spiro atoms. The second kappa shape index (κ2) is 5.48. The molecule has 0 bridgehead atoms. The van der Waals surface area contributed by atoms with Gasteiger partial charge in [0.1, 0.15) is 0 Å². The number of amides is 1. The first kappa shape index (κ1) is 14.9. The SMILES string of the molecule is Cc1cc(C)nc(C2(C)CCCN2C(=O)CN(C)C)n1. The lowest BCUT2D eigenvalue weighted by atomic mass is 9.97. The van der Waals surface area contributed by atoms with E-state index in [1.807, 2.05) is 43.8 Å². The van der Waals surface area contributed by atoms with Crippen LogP contribution >= 0.6 is 0 Å². The van der Waals surface area contributed by atoms with Gasteiger partial charge in [-0.25, -0.2) is 9.97 Å². The van der Waals surface area contributed by atoms with Crippen molar-refractivity contribution in [2.75, 3.05) is 27.2 Å². The van der Waals surface area contributed by atoms with Gasteiger partial charge in [0.25, 0.3) is 0 Å². The van der Waals surface area contributed by atoms with E-state index in [2.05, 4.69) is 16.9 Å². The number of carbonyl (C=O) groups is 1. The lowest BCUT2D eigenvalue weighted by Gasteiger charge is -2.35. The zero-order valence-electron chi connectivity index (χ0n) is 13.1. The maximum Gasteiger partial charge on any atom is 0.237 e. The summed E-state index contributed by atoms with van der Waals surface area (Å²) in [7, 11) is 3.83. The van der Waals surface area contributed by atoms with Gasteiger partial charge in [-0.05, 0) is 53.8 Å². The van der Waals surface area contributed by atoms with Crippen LogP contribution in [0.1, 0.15) is 37.0 Å². The fourth-order valence-electron chi connectivity index (χ4n) is 2.92. The summed E-state index contributed by atoms with van der Waals surface area (Å²) >= 11 is 0. The molecule has 1 aromatic heterocycles. The average Bonchev–Trinajstić information content (AvgIpc) is 2.70. The molecule has 1 fully saturated rings. The van der Waals surface area contributed by atoms with Crippen LogP contribution in [0.25, 0.3) is 0 Å². The lowest BCUT2D eigenvalue weighted by molar-refractivity contribution is -0.136. The van der Waals surface area contributed by atoms with E-state index in [0.29, 0.717) is 6.54 Å². The molecular weight excluding hydrogens is 252 g/mol. The molecule has 1 unspecified atom stereocenters. The number of likely N-dealkylation sites (tertiary alicyclic amines) is 1. The Hall–Kier alpha value is -1.49. The predicted molar refractivity (Wildman–Crippen MR) is 78.4 cm³/mol. The van der Waals surface area contributed by atoms with Crippen LogP contribution in [0.15, 0.2) is 6.07 Å². The van der Waals surface area contributed by atoms with Crippen LogP contribution < -0.4 is 0 Å². The third-order valence-corrected chi connectivity index (χ3v) is 3.86. The third kappa shape index (κ3) is 2.82. The molecule has 2 heterocycles. The summed E-state index contributed by atoms with van der Waals surface area (Å²) in [6.45, 7) is 7.26. The molecule has 1 saturated heterocycles. The summed E-state index contributed by atoms with van der Waals surface area (Å²) in [5, 5.41) is 0. The van der Waals surface area contributed by atoms with Crippen molar-refractivity contribution in [2.24, 2.45) is 0 Å². The van der Waals surface area contributed by atoms with Gasteiger partial charge < -0.3 is 9.80 Å². The van der Waals surface area contributed by atoms with E-state index in [4.69, 9.17) is 0 Å². The molecule has 1 aliphatic heterocycles. The van der Waals surface area contributed by atoms with Crippen molar-refractivity contribution in [1.29, 1.82) is 0 Å². The largest absolute Gasteiger partial charge is 0.329 e. The first-order chi connectivity index (χ1) is 9.33. The van der Waals surface area contributed by atoms with Crippen LogP contribution in [0.2, 0.25) is 0 Å². The highest BCUT2D eigenvalue weighted by Crippen LogP contribution is 2.36. The van der Waals surface area contributed by atoms with Crippen molar-refractivity contribution in [3.8, 4) is 0 Å². The van der Waals surface area contributed by atoms with Crippen molar-refractivity contribution in [1.82, 2.24) is 19.8 Å². The minimum absolute atomic E-state index is 0.151. The molecule has 0 aliphatic carbocycles. The van der Waals surface area contributed by atoms with Gasteiger partial charge in [-0.3, -0.25) is 4.79 Å². The summed E-state index contributed by atoms with van der Waals surface area (Å²) in [5.74, 6) is 0.928. The van der Waals surface area contributed by atoms with E-state index in [9.17, 15) is 4.79 Å². The van der Waals surface area contributed by atoms with Crippen molar-refractivity contribution in [3.63, 3.8) is 0 Å². The van der Waals surface area contributed by atoms with Gasteiger partial charge in [0.2, 0.25) is 5.91 Å². The second-order valence-electron chi connectivity index (χ2n) is 6.13. The molecule has 1 atom stereocenters. The van der Waals surface area contributed by atoms with Crippen LogP contribution in [0.5, 0.6) is 0 Å². The molecule has 110 valence electrons. The molecule has 0 N–H and O–H groups in total. The Balaban J connectivity index is 2.33. The first-order valence-electron chi connectivity index (χ1n) is 7.11. The van der Waals surface area contributed by atoms with Gasteiger partial charge in [-0.1, -0.05) is 0 Å². The summed E-state index contributed by atoms with van der Waals surface area (Å²) < 4.78 is 0. The molecule has 1 aliphatic rings. The Kier molecular flexibility index (Phi) is 4.09. The monoisotopic (exact) mass is 276 g/mol. The zero-order valence-corrected chi connectivity index (χ0v) is 13.1. The number of nitrogens with zero attached hydrogens (tertiary/aromatic N) is 4. The van der Waals surface area contributed by atoms with Crippen LogP contribution in [0.4, 0.5) is 0 Å². The van der Waals surface area contributed by atoms with E-state index in [1.54, 1.807) is 0 Å². The Morgan fingerprint density at radius 1 is 1.35 bits per heavy atom. The lowest BCUT2D eigenvalue weighted by Crippen LogP contribution is -2.47. The van der Waals surface area contributed by atoms with Gasteiger partial charge in [0.05, 0.1) is 12.1 Å². The van der Waals surface area contributed by atoms with Crippen molar-refractivity contribution in [3.05, 3.63) is 23.3 Å². The quantitative estimate of drug-likeness (QED) is 0.839. The fourth-order valence-corrected chi connectivity index (χ4v) is 2.92. The highest BCUT2D eigenvalue weighted by atomic mass is 16.2. The number of rotatable bonds is 3. The van der Waals surface area contributed by atoms with Crippen LogP contribution in [-0.4, -0.2) is 52.9 Å². The number of aromatic nitrogens is 2. The van der Waals surface area contributed by atoms with E-state index >= 15 is 0 Å². The van der Waals surface area contributed by atoms with Crippen LogP contribution in [0.3, 0.4) is 0 Å². The topological polar surface area (TPSA) is 49.3 Å².